The smallest absolute Gasteiger partial charge is 0.238 e. The van der Waals surface area contributed by atoms with Crippen LogP contribution in [0.1, 0.15) is 30.0 Å². The van der Waals surface area contributed by atoms with Gasteiger partial charge in [-0.25, -0.2) is 0 Å². The molecule has 0 saturated heterocycles. The number of thioether (sulfide) groups is 1. The maximum atomic E-state index is 12.5. The zero-order chi connectivity index (χ0) is 16.9. The lowest BCUT2D eigenvalue weighted by molar-refractivity contribution is -0.117. The molecular weight excluding hydrogens is 316 g/mol. The predicted octanol–water partition coefficient (Wildman–Crippen LogP) is 4.36. The first-order valence-corrected chi connectivity index (χ1v) is 9.62. The van der Waals surface area contributed by atoms with E-state index in [1.54, 1.807) is 11.8 Å². The summed E-state index contributed by atoms with van der Waals surface area (Å²) in [7, 11) is 2.05. The van der Waals surface area contributed by atoms with Gasteiger partial charge in [-0.3, -0.25) is 9.69 Å². The summed E-state index contributed by atoms with van der Waals surface area (Å²) < 4.78 is 0. The molecule has 1 aliphatic rings. The van der Waals surface area contributed by atoms with Crippen molar-refractivity contribution in [1.82, 2.24) is 4.90 Å². The number of para-hydroxylation sites is 1. The molecule has 0 heterocycles. The Balaban J connectivity index is 1.67. The molecule has 0 fully saturated rings. The van der Waals surface area contributed by atoms with Crippen molar-refractivity contribution < 1.29 is 4.79 Å². The van der Waals surface area contributed by atoms with Gasteiger partial charge < -0.3 is 5.32 Å². The van der Waals surface area contributed by atoms with Crippen molar-refractivity contribution in [3.63, 3.8) is 0 Å². The van der Waals surface area contributed by atoms with Gasteiger partial charge in [-0.2, -0.15) is 0 Å². The minimum Gasteiger partial charge on any atom is -0.324 e. The summed E-state index contributed by atoms with van der Waals surface area (Å²) in [5.41, 5.74) is 3.70. The fraction of sp³-hybridized carbons (Fsp3) is 0.350. The molecule has 2 aromatic rings. The number of carbonyl (C=O) groups is 1. The Hall–Kier alpha value is -1.78. The van der Waals surface area contributed by atoms with Gasteiger partial charge in [0, 0.05) is 10.9 Å². The molecule has 3 nitrogen and oxygen atoms in total. The predicted molar refractivity (Wildman–Crippen MR) is 102 cm³/mol. The lowest BCUT2D eigenvalue weighted by Gasteiger charge is -2.32. The SMILES string of the molecule is CSc1ccccc1NC(=O)CN(C)[C@H]1CCCc2ccccc21. The molecule has 0 saturated carbocycles. The second-order valence-electron chi connectivity index (χ2n) is 6.27. The monoisotopic (exact) mass is 340 g/mol. The number of nitrogens with zero attached hydrogens (tertiary/aromatic N) is 1. The van der Waals surface area contributed by atoms with Crippen LogP contribution in [-0.4, -0.2) is 30.7 Å². The fourth-order valence-corrected chi connectivity index (χ4v) is 4.01. The highest BCUT2D eigenvalue weighted by atomic mass is 32.2. The first-order valence-electron chi connectivity index (χ1n) is 8.40. The van der Waals surface area contributed by atoms with Gasteiger partial charge in [-0.15, -0.1) is 11.8 Å². The lowest BCUT2D eigenvalue weighted by Crippen LogP contribution is -2.35. The van der Waals surface area contributed by atoms with Crippen molar-refractivity contribution >= 4 is 23.4 Å². The normalized spacial score (nSPS) is 16.7. The fourth-order valence-electron chi connectivity index (χ4n) is 3.46. The Morgan fingerprint density at radius 2 is 1.96 bits per heavy atom. The number of rotatable bonds is 5. The van der Waals surface area contributed by atoms with Crippen molar-refractivity contribution in [3.8, 4) is 0 Å². The third kappa shape index (κ3) is 3.82. The summed E-state index contributed by atoms with van der Waals surface area (Å²) in [5.74, 6) is 0.0436. The lowest BCUT2D eigenvalue weighted by atomic mass is 9.87. The molecule has 24 heavy (non-hydrogen) atoms. The highest BCUT2D eigenvalue weighted by molar-refractivity contribution is 7.98. The topological polar surface area (TPSA) is 32.3 Å². The first kappa shape index (κ1) is 17.1. The number of benzene rings is 2. The van der Waals surface area contributed by atoms with Crippen LogP contribution < -0.4 is 5.32 Å². The summed E-state index contributed by atoms with van der Waals surface area (Å²) in [5, 5.41) is 3.05. The summed E-state index contributed by atoms with van der Waals surface area (Å²) in [6.07, 6.45) is 5.47. The number of nitrogens with one attached hydrogen (secondary N) is 1. The van der Waals surface area contributed by atoms with E-state index >= 15 is 0 Å². The number of carbonyl (C=O) groups excluding carboxylic acids is 1. The van der Waals surface area contributed by atoms with Crippen molar-refractivity contribution in [3.05, 3.63) is 59.7 Å². The van der Waals surface area contributed by atoms with Crippen LogP contribution in [0.5, 0.6) is 0 Å². The number of hydrogen-bond acceptors (Lipinski definition) is 3. The Bertz CT molecular complexity index is 716. The molecule has 0 bridgehead atoms. The number of aryl methyl sites for hydroxylation is 1. The van der Waals surface area contributed by atoms with Gasteiger partial charge >= 0.3 is 0 Å². The molecule has 3 rings (SSSR count). The molecule has 0 unspecified atom stereocenters. The Kier molecular flexibility index (Phi) is 5.59. The highest BCUT2D eigenvalue weighted by Crippen LogP contribution is 2.33. The highest BCUT2D eigenvalue weighted by Gasteiger charge is 2.24. The molecule has 0 aromatic heterocycles. The molecule has 1 amide bonds. The number of amides is 1. The van der Waals surface area contributed by atoms with Crippen LogP contribution in [0.2, 0.25) is 0 Å². The second kappa shape index (κ2) is 7.86. The number of fused-ring (bicyclic) bond motifs is 1. The molecule has 126 valence electrons. The molecular formula is C20H24N2OS. The second-order valence-corrected chi connectivity index (χ2v) is 7.12. The van der Waals surface area contributed by atoms with Crippen molar-refractivity contribution in [1.29, 1.82) is 0 Å². The molecule has 1 atom stereocenters. The third-order valence-electron chi connectivity index (χ3n) is 4.64. The quantitative estimate of drug-likeness (QED) is 0.821. The standard InChI is InChI=1S/C20H24N2OS/c1-22(18-12-7-9-15-8-3-4-10-16(15)18)14-20(23)21-17-11-5-6-13-19(17)24-2/h3-6,8,10-11,13,18H,7,9,12,14H2,1-2H3,(H,21,23)/t18-/m0/s1. The van der Waals surface area contributed by atoms with Crippen LogP contribution in [0.25, 0.3) is 0 Å². The molecule has 1 N–H and O–H groups in total. The molecule has 0 aliphatic heterocycles. The van der Waals surface area contributed by atoms with Crippen LogP contribution in [-0.2, 0) is 11.2 Å². The maximum Gasteiger partial charge on any atom is 0.238 e. The summed E-state index contributed by atoms with van der Waals surface area (Å²) in [4.78, 5) is 15.8. The van der Waals surface area contributed by atoms with Gasteiger partial charge in [0.2, 0.25) is 5.91 Å². The van der Waals surface area contributed by atoms with Crippen LogP contribution >= 0.6 is 11.8 Å². The maximum absolute atomic E-state index is 12.5. The van der Waals surface area contributed by atoms with Gasteiger partial charge in [0.05, 0.1) is 12.2 Å². The Morgan fingerprint density at radius 1 is 1.21 bits per heavy atom. The molecule has 4 heteroatoms. The van der Waals surface area contributed by atoms with Crippen molar-refractivity contribution in [2.75, 3.05) is 25.2 Å². The summed E-state index contributed by atoms with van der Waals surface area (Å²) in [6.45, 7) is 0.404. The van der Waals surface area contributed by atoms with E-state index < -0.39 is 0 Å². The van der Waals surface area contributed by atoms with Crippen molar-refractivity contribution in [2.45, 2.75) is 30.2 Å². The minimum absolute atomic E-state index is 0.0436. The zero-order valence-corrected chi connectivity index (χ0v) is 15.1. The number of likely N-dealkylation sites (N-methyl/N-ethyl adjacent to an activating group) is 1. The van der Waals surface area contributed by atoms with E-state index in [2.05, 4.69) is 34.5 Å². The minimum atomic E-state index is 0.0436. The van der Waals surface area contributed by atoms with E-state index in [0.29, 0.717) is 12.6 Å². The zero-order valence-electron chi connectivity index (χ0n) is 14.3. The van der Waals surface area contributed by atoms with Crippen LogP contribution in [0.3, 0.4) is 0 Å². The van der Waals surface area contributed by atoms with Gasteiger partial charge in [0.25, 0.3) is 0 Å². The molecule has 1 aliphatic carbocycles. The summed E-state index contributed by atoms with van der Waals surface area (Å²) in [6, 6.07) is 16.9. The average molecular weight is 340 g/mol. The van der Waals surface area contributed by atoms with E-state index in [-0.39, 0.29) is 5.91 Å². The third-order valence-corrected chi connectivity index (χ3v) is 5.44. The first-order chi connectivity index (χ1) is 11.7. The van der Waals surface area contributed by atoms with Crippen LogP contribution in [0.4, 0.5) is 5.69 Å². The van der Waals surface area contributed by atoms with Gasteiger partial charge in [0.1, 0.15) is 0 Å². The van der Waals surface area contributed by atoms with Crippen molar-refractivity contribution in [2.24, 2.45) is 0 Å². The largest absolute Gasteiger partial charge is 0.324 e. The Labute approximate surface area is 148 Å². The van der Waals surface area contributed by atoms with E-state index in [1.165, 1.54) is 17.5 Å². The number of anilines is 1. The van der Waals surface area contributed by atoms with E-state index in [1.807, 2.05) is 37.6 Å². The summed E-state index contributed by atoms with van der Waals surface area (Å²) >= 11 is 1.65. The van der Waals surface area contributed by atoms with E-state index in [9.17, 15) is 4.79 Å². The van der Waals surface area contributed by atoms with Gasteiger partial charge in [0.15, 0.2) is 0 Å². The number of hydrogen-bond donors (Lipinski definition) is 1. The van der Waals surface area contributed by atoms with Gasteiger partial charge in [-0.1, -0.05) is 36.4 Å². The molecule has 2 aromatic carbocycles. The Morgan fingerprint density at radius 3 is 2.79 bits per heavy atom. The van der Waals surface area contributed by atoms with Crippen LogP contribution in [0, 0.1) is 0 Å². The van der Waals surface area contributed by atoms with Gasteiger partial charge in [-0.05, 0) is 55.8 Å². The average Bonchev–Trinajstić information content (AvgIpc) is 2.61. The van der Waals surface area contributed by atoms with Crippen LogP contribution in [0.15, 0.2) is 53.4 Å². The molecule has 0 spiro atoms. The van der Waals surface area contributed by atoms with E-state index in [4.69, 9.17) is 0 Å². The molecule has 0 radical (unpaired) electrons. The van der Waals surface area contributed by atoms with E-state index in [0.717, 1.165) is 23.4 Å².